The molecule has 0 aliphatic carbocycles. The van der Waals surface area contributed by atoms with Gasteiger partial charge in [-0.15, -0.1) is 0 Å². The minimum absolute atomic E-state index is 0.157. The Morgan fingerprint density at radius 3 is 2.28 bits per heavy atom. The number of carbonyl (C=O) groups excluding carboxylic acids is 2. The third kappa shape index (κ3) is 7.01. The standard InChI is InChI=1S/C20H19FN2O5S/c1-14(19(24)23-12-15-4-8-18(21)9-5-15)28-20(25)17-6-2-16(3-7-17)13-29(26,27)11-10-22/h2-9,14H,11-13H2,1H3,(H,23,24)/t14-/m0/s1. The van der Waals surface area contributed by atoms with E-state index in [1.807, 2.05) is 0 Å². The molecule has 1 atom stereocenters. The third-order valence-electron chi connectivity index (χ3n) is 3.89. The van der Waals surface area contributed by atoms with E-state index in [9.17, 15) is 22.4 Å². The van der Waals surface area contributed by atoms with E-state index < -0.39 is 33.6 Å². The van der Waals surface area contributed by atoms with Gasteiger partial charge in [0.15, 0.2) is 15.9 Å². The van der Waals surface area contributed by atoms with Crippen LogP contribution >= 0.6 is 0 Å². The minimum atomic E-state index is -3.53. The van der Waals surface area contributed by atoms with Crippen molar-refractivity contribution in [3.05, 3.63) is 71.0 Å². The van der Waals surface area contributed by atoms with E-state index in [-0.39, 0.29) is 23.7 Å². The lowest BCUT2D eigenvalue weighted by atomic mass is 10.1. The summed E-state index contributed by atoms with van der Waals surface area (Å²) < 4.78 is 41.3. The molecule has 0 radical (unpaired) electrons. The van der Waals surface area contributed by atoms with Crippen LogP contribution in [0.15, 0.2) is 48.5 Å². The highest BCUT2D eigenvalue weighted by Crippen LogP contribution is 2.11. The number of nitrogens with one attached hydrogen (secondary N) is 1. The summed E-state index contributed by atoms with van der Waals surface area (Å²) in [7, 11) is -3.53. The van der Waals surface area contributed by atoms with Crippen LogP contribution in [0.25, 0.3) is 0 Å². The summed E-state index contributed by atoms with van der Waals surface area (Å²) in [5.41, 5.74) is 1.28. The molecule has 0 spiro atoms. The number of rotatable bonds is 8. The Morgan fingerprint density at radius 1 is 1.10 bits per heavy atom. The lowest BCUT2D eigenvalue weighted by molar-refractivity contribution is -0.129. The van der Waals surface area contributed by atoms with Crippen LogP contribution < -0.4 is 5.32 Å². The van der Waals surface area contributed by atoms with Gasteiger partial charge in [0.05, 0.1) is 17.4 Å². The molecule has 0 aliphatic heterocycles. The molecular weight excluding hydrogens is 399 g/mol. The summed E-state index contributed by atoms with van der Waals surface area (Å²) in [6.45, 7) is 1.58. The highest BCUT2D eigenvalue weighted by molar-refractivity contribution is 7.90. The monoisotopic (exact) mass is 418 g/mol. The summed E-state index contributed by atoms with van der Waals surface area (Å²) in [4.78, 5) is 24.2. The first kappa shape index (κ1) is 22.0. The second-order valence-corrected chi connectivity index (χ2v) is 8.34. The first-order valence-corrected chi connectivity index (χ1v) is 10.4. The van der Waals surface area contributed by atoms with Gasteiger partial charge in [-0.3, -0.25) is 4.79 Å². The number of carbonyl (C=O) groups is 2. The quantitative estimate of drug-likeness (QED) is 0.657. The highest BCUT2D eigenvalue weighted by atomic mass is 32.2. The average Bonchev–Trinajstić information content (AvgIpc) is 2.67. The zero-order valence-electron chi connectivity index (χ0n) is 15.6. The van der Waals surface area contributed by atoms with Crippen LogP contribution in [0.5, 0.6) is 0 Å². The van der Waals surface area contributed by atoms with Gasteiger partial charge in [-0.05, 0) is 42.3 Å². The predicted octanol–water partition coefficient (Wildman–Crippen LogP) is 2.13. The molecule has 1 amide bonds. The molecule has 0 aliphatic rings. The number of nitrogens with zero attached hydrogens (tertiary/aromatic N) is 1. The molecule has 29 heavy (non-hydrogen) atoms. The van der Waals surface area contributed by atoms with E-state index in [4.69, 9.17) is 10.00 Å². The number of benzene rings is 2. The van der Waals surface area contributed by atoms with Gasteiger partial charge in [-0.25, -0.2) is 17.6 Å². The maximum Gasteiger partial charge on any atom is 0.338 e. The van der Waals surface area contributed by atoms with E-state index in [2.05, 4.69) is 5.32 Å². The molecule has 2 aromatic carbocycles. The molecule has 0 heterocycles. The van der Waals surface area contributed by atoms with Crippen molar-refractivity contribution in [3.63, 3.8) is 0 Å². The zero-order chi connectivity index (χ0) is 21.4. The van der Waals surface area contributed by atoms with Crippen LogP contribution in [-0.2, 0) is 31.7 Å². The summed E-state index contributed by atoms with van der Waals surface area (Å²) in [5.74, 6) is -2.52. The van der Waals surface area contributed by atoms with Gasteiger partial charge in [0.2, 0.25) is 0 Å². The molecule has 0 bridgehead atoms. The van der Waals surface area contributed by atoms with Crippen molar-refractivity contribution in [3.8, 4) is 6.07 Å². The van der Waals surface area contributed by atoms with Crippen LogP contribution in [0.3, 0.4) is 0 Å². The van der Waals surface area contributed by atoms with Crippen molar-refractivity contribution in [1.29, 1.82) is 5.26 Å². The number of esters is 1. The topological polar surface area (TPSA) is 113 Å². The van der Waals surface area contributed by atoms with E-state index in [0.717, 1.165) is 0 Å². The molecule has 7 nitrogen and oxygen atoms in total. The fourth-order valence-corrected chi connectivity index (χ4v) is 3.36. The van der Waals surface area contributed by atoms with Gasteiger partial charge in [-0.2, -0.15) is 5.26 Å². The summed E-state index contributed by atoms with van der Waals surface area (Å²) in [5, 5.41) is 11.1. The van der Waals surface area contributed by atoms with E-state index in [0.29, 0.717) is 11.1 Å². The van der Waals surface area contributed by atoms with Crippen LogP contribution in [0.4, 0.5) is 4.39 Å². The van der Waals surface area contributed by atoms with Crippen molar-refractivity contribution < 1.29 is 27.1 Å². The number of halogens is 1. The fourth-order valence-electron chi connectivity index (χ4n) is 2.36. The van der Waals surface area contributed by atoms with E-state index in [1.54, 1.807) is 6.07 Å². The Hall–Kier alpha value is -3.25. The van der Waals surface area contributed by atoms with Crippen LogP contribution in [0.2, 0.25) is 0 Å². The van der Waals surface area contributed by atoms with Gasteiger partial charge < -0.3 is 10.1 Å². The molecule has 0 aromatic heterocycles. The number of amides is 1. The molecule has 0 saturated heterocycles. The normalized spacial score (nSPS) is 11.9. The average molecular weight is 418 g/mol. The molecule has 9 heteroatoms. The maximum atomic E-state index is 12.9. The van der Waals surface area contributed by atoms with Crippen molar-refractivity contribution in [2.24, 2.45) is 0 Å². The van der Waals surface area contributed by atoms with Crippen LogP contribution in [0.1, 0.15) is 28.4 Å². The Labute approximate surface area is 168 Å². The minimum Gasteiger partial charge on any atom is -0.449 e. The second-order valence-electron chi connectivity index (χ2n) is 6.28. The number of hydrogen-bond acceptors (Lipinski definition) is 6. The molecule has 0 unspecified atom stereocenters. The van der Waals surface area contributed by atoms with Gasteiger partial charge in [-0.1, -0.05) is 24.3 Å². The van der Waals surface area contributed by atoms with Gasteiger partial charge in [0, 0.05) is 6.54 Å². The van der Waals surface area contributed by atoms with Gasteiger partial charge in [0.1, 0.15) is 11.6 Å². The SMILES string of the molecule is C[C@H](OC(=O)c1ccc(CS(=O)(=O)CC#N)cc1)C(=O)NCc1ccc(F)cc1. The predicted molar refractivity (Wildman–Crippen MR) is 103 cm³/mol. The van der Waals surface area contributed by atoms with Crippen molar-refractivity contribution in [2.75, 3.05) is 5.75 Å². The molecule has 2 aromatic rings. The van der Waals surface area contributed by atoms with Crippen LogP contribution in [-0.4, -0.2) is 32.2 Å². The maximum absolute atomic E-state index is 12.9. The summed E-state index contributed by atoms with van der Waals surface area (Å²) in [6.07, 6.45) is -1.06. The first-order chi connectivity index (χ1) is 13.7. The highest BCUT2D eigenvalue weighted by Gasteiger charge is 2.19. The summed E-state index contributed by atoms with van der Waals surface area (Å²) >= 11 is 0. The number of ether oxygens (including phenoxy) is 1. The number of hydrogen-bond donors (Lipinski definition) is 1. The van der Waals surface area contributed by atoms with Crippen molar-refractivity contribution in [1.82, 2.24) is 5.32 Å². The zero-order valence-corrected chi connectivity index (χ0v) is 16.4. The largest absolute Gasteiger partial charge is 0.449 e. The fraction of sp³-hybridized carbons (Fsp3) is 0.250. The van der Waals surface area contributed by atoms with Crippen LogP contribution in [0, 0.1) is 17.1 Å². The Balaban J connectivity index is 1.89. The van der Waals surface area contributed by atoms with E-state index in [1.165, 1.54) is 55.5 Å². The lowest BCUT2D eigenvalue weighted by Crippen LogP contribution is -2.35. The molecule has 0 saturated carbocycles. The molecule has 2 rings (SSSR count). The number of nitriles is 1. The molecular formula is C20H19FN2O5S. The Kier molecular flexibility index (Phi) is 7.45. The Morgan fingerprint density at radius 2 is 1.69 bits per heavy atom. The number of sulfone groups is 1. The third-order valence-corrected chi connectivity index (χ3v) is 5.24. The molecule has 1 N–H and O–H groups in total. The lowest BCUT2D eigenvalue weighted by Gasteiger charge is -2.14. The van der Waals surface area contributed by atoms with Crippen molar-refractivity contribution >= 4 is 21.7 Å². The molecule has 152 valence electrons. The Bertz CT molecular complexity index is 1010. The van der Waals surface area contributed by atoms with Gasteiger partial charge >= 0.3 is 5.97 Å². The van der Waals surface area contributed by atoms with Gasteiger partial charge in [0.25, 0.3) is 5.91 Å². The first-order valence-electron chi connectivity index (χ1n) is 8.59. The van der Waals surface area contributed by atoms with E-state index >= 15 is 0 Å². The van der Waals surface area contributed by atoms with Crippen molar-refractivity contribution in [2.45, 2.75) is 25.3 Å². The summed E-state index contributed by atoms with van der Waals surface area (Å²) in [6, 6.07) is 12.9. The smallest absolute Gasteiger partial charge is 0.338 e. The molecule has 0 fully saturated rings. The second kappa shape index (κ2) is 9.80.